The van der Waals surface area contributed by atoms with Crippen molar-refractivity contribution in [2.45, 2.75) is 52.3 Å². The Balaban J connectivity index is 1.57. The van der Waals surface area contributed by atoms with Crippen LogP contribution >= 0.6 is 22.9 Å². The topological polar surface area (TPSA) is 100 Å². The number of nitrogens with one attached hydrogen (secondary N) is 2. The number of amides is 3. The molecule has 0 spiro atoms. The Labute approximate surface area is 240 Å². The number of morpholine rings is 1. The van der Waals surface area contributed by atoms with Crippen LogP contribution in [0, 0.1) is 5.41 Å². The van der Waals surface area contributed by atoms with Gasteiger partial charge in [-0.05, 0) is 42.5 Å². The quantitative estimate of drug-likeness (QED) is 0.392. The summed E-state index contributed by atoms with van der Waals surface area (Å²) in [5.74, 6) is -1.37. The molecule has 0 bridgehead atoms. The number of carbonyl (C=O) groups is 3. The summed E-state index contributed by atoms with van der Waals surface area (Å²) in [6, 6.07) is 6.98. The molecule has 1 aromatic heterocycles. The summed E-state index contributed by atoms with van der Waals surface area (Å²) in [7, 11) is 0. The van der Waals surface area contributed by atoms with Gasteiger partial charge in [-0.2, -0.15) is 8.78 Å². The van der Waals surface area contributed by atoms with Gasteiger partial charge in [0.25, 0.3) is 11.8 Å². The zero-order chi connectivity index (χ0) is 29.0. The van der Waals surface area contributed by atoms with Crippen LogP contribution < -0.4 is 20.3 Å². The Morgan fingerprint density at radius 3 is 2.60 bits per heavy atom. The number of thiophene rings is 1. The van der Waals surface area contributed by atoms with Crippen LogP contribution in [0.4, 0.5) is 20.2 Å². The van der Waals surface area contributed by atoms with Crippen molar-refractivity contribution >= 4 is 52.0 Å². The van der Waals surface area contributed by atoms with Crippen LogP contribution in [-0.4, -0.2) is 74.2 Å². The van der Waals surface area contributed by atoms with E-state index in [0.29, 0.717) is 15.8 Å². The highest BCUT2D eigenvalue weighted by Gasteiger charge is 2.39. The molecule has 0 radical (unpaired) electrons. The second-order valence-electron chi connectivity index (χ2n) is 10.9. The molecule has 1 atom stereocenters. The summed E-state index contributed by atoms with van der Waals surface area (Å²) in [5, 5.41) is 5.66. The average molecular weight is 599 g/mol. The molecule has 1 saturated carbocycles. The molecule has 40 heavy (non-hydrogen) atoms. The second kappa shape index (κ2) is 12.8. The molecule has 2 aliphatic rings. The zero-order valence-electron chi connectivity index (χ0n) is 22.5. The molecule has 2 aromatic rings. The Bertz CT molecular complexity index is 1230. The standard InChI is InChI=1S/C27H33ClF2N4O5S/c1-27(2,3)15-34(17-5-6-17)19(13-31-25(37)21-8-9-22(28)40-21)24(36)32-16-4-7-18(20(12-16)39-26(29)30)33-10-11-38-14-23(33)35/h4,7-9,12,17,19,26H,5-6,10-11,13-15H2,1-3H3,(H,31,37)(H,32,36)/t19-/m0/s1. The number of benzene rings is 1. The van der Waals surface area contributed by atoms with E-state index in [1.807, 2.05) is 0 Å². The van der Waals surface area contributed by atoms with Gasteiger partial charge in [0.1, 0.15) is 12.6 Å². The van der Waals surface area contributed by atoms with Gasteiger partial charge in [0.2, 0.25) is 5.91 Å². The van der Waals surface area contributed by atoms with Gasteiger partial charge >= 0.3 is 6.61 Å². The van der Waals surface area contributed by atoms with Crippen molar-refractivity contribution in [3.05, 3.63) is 39.5 Å². The van der Waals surface area contributed by atoms with Gasteiger partial charge in [-0.3, -0.25) is 19.3 Å². The Kier molecular flexibility index (Phi) is 9.65. The van der Waals surface area contributed by atoms with Crippen LogP contribution in [0.1, 0.15) is 43.3 Å². The first kappa shape index (κ1) is 30.2. The van der Waals surface area contributed by atoms with Crippen LogP contribution in [0.15, 0.2) is 30.3 Å². The lowest BCUT2D eigenvalue weighted by atomic mass is 9.95. The molecule has 218 valence electrons. The van der Waals surface area contributed by atoms with E-state index in [0.717, 1.165) is 24.2 Å². The largest absolute Gasteiger partial charge is 0.433 e. The first-order chi connectivity index (χ1) is 18.9. The van der Waals surface area contributed by atoms with Gasteiger partial charge in [0.15, 0.2) is 5.75 Å². The number of halogens is 3. The number of hydrogen-bond acceptors (Lipinski definition) is 7. The fraction of sp³-hybridized carbons (Fsp3) is 0.519. The third-order valence-electron chi connectivity index (χ3n) is 6.35. The minimum Gasteiger partial charge on any atom is -0.433 e. The van der Waals surface area contributed by atoms with Crippen LogP contribution in [0.25, 0.3) is 0 Å². The summed E-state index contributed by atoms with van der Waals surface area (Å²) < 4.78 is 36.9. The fourth-order valence-corrected chi connectivity index (χ4v) is 5.48. The number of anilines is 2. The minimum atomic E-state index is -3.13. The summed E-state index contributed by atoms with van der Waals surface area (Å²) in [6.45, 7) is 4.00. The van der Waals surface area contributed by atoms with Crippen LogP contribution in [0.2, 0.25) is 4.34 Å². The van der Waals surface area contributed by atoms with E-state index in [9.17, 15) is 23.2 Å². The summed E-state index contributed by atoms with van der Waals surface area (Å²) >= 11 is 7.12. The molecule has 13 heteroatoms. The van der Waals surface area contributed by atoms with Crippen molar-refractivity contribution in [3.8, 4) is 5.75 Å². The molecule has 1 aliphatic carbocycles. The predicted molar refractivity (Wildman–Crippen MR) is 150 cm³/mol. The number of nitrogens with zero attached hydrogens (tertiary/aromatic N) is 2. The molecule has 2 heterocycles. The molecule has 3 amide bonds. The molecule has 9 nitrogen and oxygen atoms in total. The highest BCUT2D eigenvalue weighted by molar-refractivity contribution is 7.18. The molecule has 2 N–H and O–H groups in total. The van der Waals surface area contributed by atoms with Crippen molar-refractivity contribution in [2.24, 2.45) is 5.41 Å². The number of carbonyl (C=O) groups excluding carboxylic acids is 3. The van der Waals surface area contributed by atoms with Crippen LogP contribution in [0.3, 0.4) is 0 Å². The predicted octanol–water partition coefficient (Wildman–Crippen LogP) is 4.61. The Morgan fingerprint density at radius 1 is 1.25 bits per heavy atom. The van der Waals surface area contributed by atoms with Crippen molar-refractivity contribution in [1.82, 2.24) is 10.2 Å². The fourth-order valence-electron chi connectivity index (χ4n) is 4.52. The summed E-state index contributed by atoms with van der Waals surface area (Å²) in [5.41, 5.74) is 0.257. The Morgan fingerprint density at radius 2 is 2.00 bits per heavy atom. The van der Waals surface area contributed by atoms with Gasteiger partial charge in [-0.1, -0.05) is 32.4 Å². The van der Waals surface area contributed by atoms with E-state index in [2.05, 4.69) is 36.3 Å². The monoisotopic (exact) mass is 598 g/mol. The SMILES string of the molecule is CC(C)(C)CN(C1CC1)[C@@H](CNC(=O)c1ccc(Cl)s1)C(=O)Nc1ccc(N2CCOCC2=O)c(OC(F)F)c1. The molecule has 4 rings (SSSR count). The maximum absolute atomic E-state index is 13.7. The van der Waals surface area contributed by atoms with Crippen molar-refractivity contribution < 1.29 is 32.6 Å². The molecule has 2 fully saturated rings. The maximum Gasteiger partial charge on any atom is 0.387 e. The van der Waals surface area contributed by atoms with E-state index in [4.69, 9.17) is 21.1 Å². The Hall–Kier alpha value is -2.80. The van der Waals surface area contributed by atoms with Gasteiger partial charge in [-0.25, -0.2) is 0 Å². The highest BCUT2D eigenvalue weighted by atomic mass is 35.5. The highest BCUT2D eigenvalue weighted by Crippen LogP contribution is 2.35. The molecular formula is C27H33ClF2N4O5S. The summed E-state index contributed by atoms with van der Waals surface area (Å²) in [6.07, 6.45) is 1.87. The lowest BCUT2D eigenvalue weighted by Crippen LogP contribution is -2.53. The normalized spacial score (nSPS) is 16.8. The second-order valence-corrected chi connectivity index (χ2v) is 12.7. The minimum absolute atomic E-state index is 0.0352. The van der Waals surface area contributed by atoms with E-state index < -0.39 is 18.6 Å². The van der Waals surface area contributed by atoms with Gasteiger partial charge in [0.05, 0.1) is 21.5 Å². The van der Waals surface area contributed by atoms with Gasteiger partial charge in [0, 0.05) is 37.4 Å². The lowest BCUT2D eigenvalue weighted by Gasteiger charge is -2.36. The molecule has 1 saturated heterocycles. The third kappa shape index (κ3) is 8.12. The molecule has 1 aromatic carbocycles. The third-order valence-corrected chi connectivity index (χ3v) is 7.58. The van der Waals surface area contributed by atoms with E-state index in [-0.39, 0.29) is 66.7 Å². The van der Waals surface area contributed by atoms with E-state index in [1.54, 1.807) is 12.1 Å². The molecular weight excluding hydrogens is 566 g/mol. The number of ether oxygens (including phenoxy) is 2. The average Bonchev–Trinajstić information content (AvgIpc) is 3.62. The number of rotatable bonds is 11. The van der Waals surface area contributed by atoms with Crippen LogP contribution in [0.5, 0.6) is 5.75 Å². The molecule has 0 unspecified atom stereocenters. The first-order valence-electron chi connectivity index (χ1n) is 13.0. The van der Waals surface area contributed by atoms with E-state index >= 15 is 0 Å². The van der Waals surface area contributed by atoms with Crippen LogP contribution in [-0.2, 0) is 14.3 Å². The van der Waals surface area contributed by atoms with E-state index in [1.165, 1.54) is 23.1 Å². The van der Waals surface area contributed by atoms with Crippen molar-refractivity contribution in [3.63, 3.8) is 0 Å². The van der Waals surface area contributed by atoms with Gasteiger partial charge in [-0.15, -0.1) is 11.3 Å². The molecule has 1 aliphatic heterocycles. The summed E-state index contributed by atoms with van der Waals surface area (Å²) in [4.78, 5) is 42.6. The smallest absolute Gasteiger partial charge is 0.387 e. The zero-order valence-corrected chi connectivity index (χ0v) is 24.1. The number of hydrogen-bond donors (Lipinski definition) is 2. The lowest BCUT2D eigenvalue weighted by molar-refractivity contribution is -0.126. The maximum atomic E-state index is 13.7. The van der Waals surface area contributed by atoms with Gasteiger partial charge < -0.3 is 25.0 Å². The van der Waals surface area contributed by atoms with Crippen molar-refractivity contribution in [1.29, 1.82) is 0 Å². The number of alkyl halides is 2. The van der Waals surface area contributed by atoms with Crippen molar-refractivity contribution in [2.75, 3.05) is 43.1 Å². The first-order valence-corrected chi connectivity index (χ1v) is 14.2.